The van der Waals surface area contributed by atoms with Crippen LogP contribution in [0, 0.1) is 11.8 Å². The molecule has 2 aromatic carbocycles. The summed E-state index contributed by atoms with van der Waals surface area (Å²) in [6, 6.07) is 13.1. The van der Waals surface area contributed by atoms with E-state index in [0.717, 1.165) is 23.6 Å². The van der Waals surface area contributed by atoms with Crippen molar-refractivity contribution in [2.24, 2.45) is 11.8 Å². The first-order valence-electron chi connectivity index (χ1n) is 10.5. The zero-order valence-corrected chi connectivity index (χ0v) is 18.6. The number of carbonyl (C=O) groups excluding carboxylic acids is 1. The van der Waals surface area contributed by atoms with E-state index in [0.29, 0.717) is 29.0 Å². The van der Waals surface area contributed by atoms with Crippen LogP contribution in [0.15, 0.2) is 53.4 Å². The molecule has 0 unspecified atom stereocenters. The maximum absolute atomic E-state index is 13.5. The minimum atomic E-state index is -3.96. The van der Waals surface area contributed by atoms with Crippen LogP contribution in [0.25, 0.3) is 0 Å². The zero-order chi connectivity index (χ0) is 22.0. The molecule has 0 saturated heterocycles. The molecule has 2 fully saturated rings. The van der Waals surface area contributed by atoms with Crippen LogP contribution in [-0.4, -0.2) is 41.1 Å². The summed E-state index contributed by atoms with van der Waals surface area (Å²) < 4.78 is 38.7. The SMILES string of the molecule is COc1ccc(N(CC(=O)N[C@@H]2C[C@H]3CC[C@H]2C3)S(=O)(=O)c2ccccc2)cc1OC. The number of amides is 1. The molecule has 7 nitrogen and oxygen atoms in total. The second-order valence-corrected chi connectivity index (χ2v) is 10.1. The van der Waals surface area contributed by atoms with E-state index in [4.69, 9.17) is 9.47 Å². The Bertz CT molecular complexity index is 1040. The highest BCUT2D eigenvalue weighted by atomic mass is 32.2. The van der Waals surface area contributed by atoms with Crippen molar-refractivity contribution in [1.29, 1.82) is 0 Å². The molecule has 0 radical (unpaired) electrons. The lowest BCUT2D eigenvalue weighted by Gasteiger charge is -2.27. The van der Waals surface area contributed by atoms with Crippen molar-refractivity contribution >= 4 is 21.6 Å². The lowest BCUT2D eigenvalue weighted by atomic mass is 9.95. The number of carbonyl (C=O) groups is 1. The maximum atomic E-state index is 13.5. The summed E-state index contributed by atoms with van der Waals surface area (Å²) in [5.41, 5.74) is 0.338. The van der Waals surface area contributed by atoms with Gasteiger partial charge in [-0.3, -0.25) is 9.10 Å². The van der Waals surface area contributed by atoms with Crippen molar-refractivity contribution in [3.63, 3.8) is 0 Å². The van der Waals surface area contributed by atoms with Crippen molar-refractivity contribution < 1.29 is 22.7 Å². The molecular formula is C23H28N2O5S. The molecule has 0 aromatic heterocycles. The van der Waals surface area contributed by atoms with E-state index < -0.39 is 10.0 Å². The van der Waals surface area contributed by atoms with Gasteiger partial charge >= 0.3 is 0 Å². The molecule has 31 heavy (non-hydrogen) atoms. The number of sulfonamides is 1. The van der Waals surface area contributed by atoms with Gasteiger partial charge in [0.2, 0.25) is 5.91 Å². The van der Waals surface area contributed by atoms with Gasteiger partial charge in [-0.25, -0.2) is 8.42 Å². The minimum absolute atomic E-state index is 0.123. The normalized spacial score (nSPS) is 22.2. The molecule has 166 valence electrons. The third kappa shape index (κ3) is 4.35. The Balaban J connectivity index is 1.63. The van der Waals surface area contributed by atoms with Gasteiger partial charge in [-0.05, 0) is 55.4 Å². The van der Waals surface area contributed by atoms with Gasteiger partial charge in [0.05, 0.1) is 24.8 Å². The number of ether oxygens (including phenoxy) is 2. The highest BCUT2D eigenvalue weighted by Crippen LogP contribution is 2.44. The fraction of sp³-hybridized carbons (Fsp3) is 0.435. The number of rotatable bonds is 8. The van der Waals surface area contributed by atoms with Crippen molar-refractivity contribution in [2.75, 3.05) is 25.1 Å². The van der Waals surface area contributed by atoms with Crippen LogP contribution in [-0.2, 0) is 14.8 Å². The van der Waals surface area contributed by atoms with Gasteiger partial charge in [-0.15, -0.1) is 0 Å². The van der Waals surface area contributed by atoms with Gasteiger partial charge in [0, 0.05) is 12.1 Å². The Labute approximate surface area is 183 Å². The van der Waals surface area contributed by atoms with Gasteiger partial charge in [0.15, 0.2) is 11.5 Å². The predicted molar refractivity (Wildman–Crippen MR) is 118 cm³/mol. The Morgan fingerprint density at radius 1 is 1.03 bits per heavy atom. The zero-order valence-electron chi connectivity index (χ0n) is 17.8. The minimum Gasteiger partial charge on any atom is -0.493 e. The van der Waals surface area contributed by atoms with Gasteiger partial charge < -0.3 is 14.8 Å². The molecule has 1 amide bonds. The Hall–Kier alpha value is -2.74. The van der Waals surface area contributed by atoms with Crippen LogP contribution < -0.4 is 19.1 Å². The van der Waals surface area contributed by atoms with E-state index in [1.54, 1.807) is 36.4 Å². The number of benzene rings is 2. The molecule has 0 heterocycles. The lowest BCUT2D eigenvalue weighted by molar-refractivity contribution is -0.120. The molecular weight excluding hydrogens is 416 g/mol. The third-order valence-electron chi connectivity index (χ3n) is 6.36. The Morgan fingerprint density at radius 2 is 1.77 bits per heavy atom. The number of nitrogens with zero attached hydrogens (tertiary/aromatic N) is 1. The Morgan fingerprint density at radius 3 is 2.39 bits per heavy atom. The first kappa shape index (κ1) is 21.5. The first-order valence-corrected chi connectivity index (χ1v) is 12.0. The van der Waals surface area contributed by atoms with Gasteiger partial charge in [0.1, 0.15) is 6.54 Å². The van der Waals surface area contributed by atoms with Crippen LogP contribution in [0.3, 0.4) is 0 Å². The number of methoxy groups -OCH3 is 2. The maximum Gasteiger partial charge on any atom is 0.264 e. The number of hydrogen-bond acceptors (Lipinski definition) is 5. The summed E-state index contributed by atoms with van der Waals surface area (Å²) in [6.45, 7) is -0.305. The average molecular weight is 445 g/mol. The molecule has 2 aliphatic carbocycles. The van der Waals surface area contributed by atoms with Crippen LogP contribution in [0.1, 0.15) is 25.7 Å². The molecule has 4 rings (SSSR count). The number of hydrogen-bond donors (Lipinski definition) is 1. The molecule has 2 bridgehead atoms. The van der Waals surface area contributed by atoms with Crippen LogP contribution in [0.5, 0.6) is 11.5 Å². The summed E-state index contributed by atoms with van der Waals surface area (Å²) >= 11 is 0. The quantitative estimate of drug-likeness (QED) is 0.676. The topological polar surface area (TPSA) is 84.9 Å². The second kappa shape index (κ2) is 8.78. The summed E-state index contributed by atoms with van der Waals surface area (Å²) in [7, 11) is -0.963. The lowest BCUT2D eigenvalue weighted by Crippen LogP contribution is -2.46. The average Bonchev–Trinajstić information content (AvgIpc) is 3.41. The second-order valence-electron chi connectivity index (χ2n) is 8.21. The van der Waals surface area contributed by atoms with E-state index in [-0.39, 0.29) is 23.4 Å². The monoisotopic (exact) mass is 444 g/mol. The standard InChI is InChI=1S/C23H28N2O5S/c1-29-21-11-10-18(14-22(21)30-2)25(31(27,28)19-6-4-3-5-7-19)15-23(26)24-20-13-16-8-9-17(20)12-16/h3-7,10-11,14,16-17,20H,8-9,12-13,15H2,1-2H3,(H,24,26)/t16-,17-,20+/m0/s1. The summed E-state index contributed by atoms with van der Waals surface area (Å²) in [4.78, 5) is 13.1. The van der Waals surface area contributed by atoms with E-state index >= 15 is 0 Å². The number of fused-ring (bicyclic) bond motifs is 2. The molecule has 0 spiro atoms. The number of nitrogens with one attached hydrogen (secondary N) is 1. The van der Waals surface area contributed by atoms with Crippen molar-refractivity contribution in [1.82, 2.24) is 5.32 Å². The molecule has 0 aliphatic heterocycles. The highest BCUT2D eigenvalue weighted by molar-refractivity contribution is 7.92. The molecule has 2 saturated carbocycles. The van der Waals surface area contributed by atoms with Crippen molar-refractivity contribution in [3.05, 3.63) is 48.5 Å². The molecule has 8 heteroatoms. The van der Waals surface area contributed by atoms with Crippen LogP contribution >= 0.6 is 0 Å². The fourth-order valence-electron chi connectivity index (χ4n) is 4.82. The van der Waals surface area contributed by atoms with E-state index in [1.807, 2.05) is 0 Å². The van der Waals surface area contributed by atoms with E-state index in [2.05, 4.69) is 5.32 Å². The fourth-order valence-corrected chi connectivity index (χ4v) is 6.25. The molecule has 2 aromatic rings. The molecule has 1 N–H and O–H groups in total. The number of anilines is 1. The van der Waals surface area contributed by atoms with Crippen LogP contribution in [0.2, 0.25) is 0 Å². The summed E-state index contributed by atoms with van der Waals surface area (Å²) in [6.07, 6.45) is 4.51. The summed E-state index contributed by atoms with van der Waals surface area (Å²) in [5, 5.41) is 3.08. The van der Waals surface area contributed by atoms with Crippen LogP contribution in [0.4, 0.5) is 5.69 Å². The highest BCUT2D eigenvalue weighted by Gasteiger charge is 2.40. The largest absolute Gasteiger partial charge is 0.493 e. The smallest absolute Gasteiger partial charge is 0.264 e. The summed E-state index contributed by atoms with van der Waals surface area (Å²) in [5.74, 6) is 1.77. The van der Waals surface area contributed by atoms with Gasteiger partial charge in [0.25, 0.3) is 10.0 Å². The predicted octanol–water partition coefficient (Wildman–Crippen LogP) is 3.20. The Kier molecular flexibility index (Phi) is 6.09. The first-order chi connectivity index (χ1) is 14.9. The van der Waals surface area contributed by atoms with Crippen molar-refractivity contribution in [3.8, 4) is 11.5 Å². The molecule has 2 aliphatic rings. The van der Waals surface area contributed by atoms with Gasteiger partial charge in [-0.2, -0.15) is 0 Å². The third-order valence-corrected chi connectivity index (χ3v) is 8.15. The van der Waals surface area contributed by atoms with E-state index in [9.17, 15) is 13.2 Å². The van der Waals surface area contributed by atoms with Crippen molar-refractivity contribution in [2.45, 2.75) is 36.6 Å². The molecule has 3 atom stereocenters. The van der Waals surface area contributed by atoms with Gasteiger partial charge in [-0.1, -0.05) is 24.6 Å². The van der Waals surface area contributed by atoms with E-state index in [1.165, 1.54) is 32.8 Å².